The molecule has 0 bridgehead atoms. The second-order valence-electron chi connectivity index (χ2n) is 3.99. The molecule has 0 aliphatic heterocycles. The molecule has 0 spiro atoms. The van der Waals surface area contributed by atoms with Gasteiger partial charge in [0, 0.05) is 0 Å². The fourth-order valence-corrected chi connectivity index (χ4v) is 1.38. The minimum atomic E-state index is 0.891. The minimum Gasteiger partial charge on any atom is -0.0988 e. The molecular formula is C17H18. The van der Waals surface area contributed by atoms with Crippen LogP contribution >= 0.6 is 0 Å². The van der Waals surface area contributed by atoms with Gasteiger partial charge in [0.25, 0.3) is 0 Å². The van der Waals surface area contributed by atoms with E-state index in [0.717, 1.165) is 27.2 Å². The number of benzene rings is 1. The van der Waals surface area contributed by atoms with Crippen molar-refractivity contribution in [3.8, 4) is 0 Å². The van der Waals surface area contributed by atoms with Gasteiger partial charge in [-0.3, -0.25) is 0 Å². The molecule has 86 valence electrons. The highest BCUT2D eigenvalue weighted by molar-refractivity contribution is 5.59. The summed E-state index contributed by atoms with van der Waals surface area (Å²) in [4.78, 5) is 0. The summed E-state index contributed by atoms with van der Waals surface area (Å²) in [5.41, 5.74) is 2.86. The molecule has 0 heteroatoms. The lowest BCUT2D eigenvalue weighted by atomic mass is 10.0. The zero-order chi connectivity index (χ0) is 12.8. The van der Waals surface area contributed by atoms with Crippen LogP contribution in [0.15, 0.2) is 72.9 Å². The molecule has 0 heterocycles. The van der Waals surface area contributed by atoms with Crippen molar-refractivity contribution < 1.29 is 0 Å². The number of hydrogen-bond acceptors (Lipinski definition) is 0. The van der Waals surface area contributed by atoms with Crippen molar-refractivity contribution in [1.29, 1.82) is 0 Å². The second kappa shape index (κ2) is 5.86. The molecule has 0 amide bonds. The first kappa shape index (κ1) is 13.0. The van der Waals surface area contributed by atoms with Crippen molar-refractivity contribution in [3.05, 3.63) is 83.3 Å². The van der Waals surface area contributed by atoms with Gasteiger partial charge >= 0.3 is 0 Å². The quantitative estimate of drug-likeness (QED) is 0.687. The van der Waals surface area contributed by atoms with Gasteiger partial charge in [-0.05, 0) is 34.6 Å². The van der Waals surface area contributed by atoms with E-state index in [0.29, 0.717) is 0 Å². The molecule has 0 fully saturated rings. The Morgan fingerprint density at radius 2 is 1.76 bits per heavy atom. The highest BCUT2D eigenvalue weighted by atomic mass is 14.0. The number of hydrogen-bond donors (Lipinski definition) is 0. The normalized spacial score (nSPS) is 12.3. The Kier molecular flexibility index (Phi) is 4.47. The second-order valence-corrected chi connectivity index (χ2v) is 3.99. The zero-order valence-electron chi connectivity index (χ0n) is 10.4. The Hall–Kier alpha value is -2.08. The van der Waals surface area contributed by atoms with Crippen molar-refractivity contribution in [2.75, 3.05) is 0 Å². The van der Waals surface area contributed by atoms with Gasteiger partial charge < -0.3 is 0 Å². The summed E-state index contributed by atoms with van der Waals surface area (Å²) < 4.78 is 0. The van der Waals surface area contributed by atoms with E-state index in [1.807, 2.05) is 43.3 Å². The summed E-state index contributed by atoms with van der Waals surface area (Å²) in [6.07, 6.45) is 5.77. The maximum absolute atomic E-state index is 4.02. The fraction of sp³-hybridized carbons (Fsp3) is 0.0588. The maximum atomic E-state index is 4.02. The third-order valence-corrected chi connectivity index (χ3v) is 2.52. The molecule has 0 aliphatic carbocycles. The molecule has 0 saturated heterocycles. The topological polar surface area (TPSA) is 0 Å². The summed E-state index contributed by atoms with van der Waals surface area (Å²) >= 11 is 0. The van der Waals surface area contributed by atoms with Crippen LogP contribution in [0.2, 0.25) is 0 Å². The highest BCUT2D eigenvalue weighted by Gasteiger charge is 1.93. The Balaban J connectivity index is 3.06. The van der Waals surface area contributed by atoms with Gasteiger partial charge in [-0.15, -0.1) is 0 Å². The van der Waals surface area contributed by atoms with Crippen LogP contribution in [-0.2, 0) is 0 Å². The third kappa shape index (κ3) is 3.76. The van der Waals surface area contributed by atoms with E-state index in [1.165, 1.54) is 0 Å². The van der Waals surface area contributed by atoms with Crippen LogP contribution in [0.1, 0.15) is 6.92 Å². The molecule has 1 aromatic carbocycles. The summed E-state index contributed by atoms with van der Waals surface area (Å²) in [6, 6.07) is 7.96. The first-order chi connectivity index (χ1) is 8.04. The van der Waals surface area contributed by atoms with E-state index >= 15 is 0 Å². The standard InChI is InChI=1S/C17H18/c1-6-13(2)11-15(4)16(5)12-17-10-8-7-9-14(17)3/h6-12H,1,3-5H2,2H3/b13-11-,17-12-. The van der Waals surface area contributed by atoms with E-state index in [2.05, 4.69) is 26.3 Å². The van der Waals surface area contributed by atoms with E-state index in [1.54, 1.807) is 6.08 Å². The van der Waals surface area contributed by atoms with Crippen molar-refractivity contribution in [2.45, 2.75) is 6.92 Å². The molecule has 0 unspecified atom stereocenters. The van der Waals surface area contributed by atoms with Gasteiger partial charge in [0.1, 0.15) is 0 Å². The van der Waals surface area contributed by atoms with Crippen LogP contribution in [0.5, 0.6) is 0 Å². The largest absolute Gasteiger partial charge is 0.0988 e. The molecule has 0 radical (unpaired) electrons. The van der Waals surface area contributed by atoms with Gasteiger partial charge in [0.05, 0.1) is 0 Å². The van der Waals surface area contributed by atoms with Crippen LogP contribution < -0.4 is 10.4 Å². The lowest BCUT2D eigenvalue weighted by Crippen LogP contribution is -2.21. The molecule has 0 saturated carbocycles. The SMILES string of the molecule is C=C/C(C)=C\C(=C)C(=C)/C=c1/ccccc1=C. The average molecular weight is 222 g/mol. The Labute approximate surface area is 103 Å². The van der Waals surface area contributed by atoms with Crippen LogP contribution in [0, 0.1) is 0 Å². The number of allylic oxidation sites excluding steroid dienone is 5. The molecule has 0 aliphatic rings. The summed E-state index contributed by atoms with van der Waals surface area (Å²) in [7, 11) is 0. The molecular weight excluding hydrogens is 204 g/mol. The van der Waals surface area contributed by atoms with Crippen LogP contribution in [-0.4, -0.2) is 0 Å². The van der Waals surface area contributed by atoms with E-state index in [9.17, 15) is 0 Å². The van der Waals surface area contributed by atoms with Gasteiger partial charge in [0.2, 0.25) is 0 Å². The molecule has 0 N–H and O–H groups in total. The van der Waals surface area contributed by atoms with Gasteiger partial charge in [-0.1, -0.05) is 68.3 Å². The van der Waals surface area contributed by atoms with E-state index < -0.39 is 0 Å². The lowest BCUT2D eigenvalue weighted by Gasteiger charge is -2.00. The summed E-state index contributed by atoms with van der Waals surface area (Å²) in [6.45, 7) is 17.7. The van der Waals surface area contributed by atoms with Crippen LogP contribution in [0.4, 0.5) is 0 Å². The highest BCUT2D eigenvalue weighted by Crippen LogP contribution is 2.10. The van der Waals surface area contributed by atoms with Crippen molar-refractivity contribution >= 4 is 12.7 Å². The Bertz CT molecular complexity index is 583. The minimum absolute atomic E-state index is 0.891. The van der Waals surface area contributed by atoms with E-state index in [-0.39, 0.29) is 0 Å². The predicted octanol–water partition coefficient (Wildman–Crippen LogP) is 3.12. The smallest absolute Gasteiger partial charge is 0.0184 e. The Morgan fingerprint density at radius 3 is 2.35 bits per heavy atom. The molecule has 1 rings (SSSR count). The average Bonchev–Trinajstić information content (AvgIpc) is 2.31. The van der Waals surface area contributed by atoms with Gasteiger partial charge in [-0.2, -0.15) is 0 Å². The summed E-state index contributed by atoms with van der Waals surface area (Å²) in [5, 5.41) is 2.06. The fourth-order valence-electron chi connectivity index (χ4n) is 1.38. The first-order valence-corrected chi connectivity index (χ1v) is 5.49. The van der Waals surface area contributed by atoms with Crippen molar-refractivity contribution in [3.63, 3.8) is 0 Å². The van der Waals surface area contributed by atoms with Crippen molar-refractivity contribution in [2.24, 2.45) is 0 Å². The molecule has 0 aromatic heterocycles. The molecule has 0 atom stereocenters. The van der Waals surface area contributed by atoms with Crippen LogP contribution in [0.25, 0.3) is 12.7 Å². The van der Waals surface area contributed by atoms with Crippen molar-refractivity contribution in [1.82, 2.24) is 0 Å². The lowest BCUT2D eigenvalue weighted by molar-refractivity contribution is 1.48. The first-order valence-electron chi connectivity index (χ1n) is 5.49. The van der Waals surface area contributed by atoms with E-state index in [4.69, 9.17) is 0 Å². The number of rotatable bonds is 4. The van der Waals surface area contributed by atoms with Gasteiger partial charge in [-0.25, -0.2) is 0 Å². The zero-order valence-corrected chi connectivity index (χ0v) is 10.4. The monoisotopic (exact) mass is 222 g/mol. The van der Waals surface area contributed by atoms with Gasteiger partial charge in [0.15, 0.2) is 0 Å². The van der Waals surface area contributed by atoms with Crippen LogP contribution in [0.3, 0.4) is 0 Å². The molecule has 0 nitrogen and oxygen atoms in total. The maximum Gasteiger partial charge on any atom is -0.0184 e. The Morgan fingerprint density at radius 1 is 1.12 bits per heavy atom. The predicted molar refractivity (Wildman–Crippen MR) is 77.9 cm³/mol. The third-order valence-electron chi connectivity index (χ3n) is 2.52. The molecule has 1 aromatic rings. The molecule has 17 heavy (non-hydrogen) atoms. The summed E-state index contributed by atoms with van der Waals surface area (Å²) in [5.74, 6) is 0.